The van der Waals surface area contributed by atoms with E-state index in [9.17, 15) is 5.21 Å². The Morgan fingerprint density at radius 2 is 1.50 bits per heavy atom. The maximum Gasteiger partial charge on any atom is 0.180 e. The van der Waals surface area contributed by atoms with Crippen LogP contribution in [0.2, 0.25) is 0 Å². The van der Waals surface area contributed by atoms with Gasteiger partial charge in [-0.2, -0.15) is 4.73 Å². The number of rotatable bonds is 0. The van der Waals surface area contributed by atoms with Crippen LogP contribution in [0.4, 0.5) is 0 Å². The van der Waals surface area contributed by atoms with Crippen LogP contribution in [0.5, 0.6) is 0 Å². The van der Waals surface area contributed by atoms with Gasteiger partial charge >= 0.3 is 19.8 Å². The smallest absolute Gasteiger partial charge is 0.180 e. The minimum absolute atomic E-state index is 0. The number of hydrogen-bond donors (Lipinski definition) is 0. The number of nitrogens with zero attached hydrogens (tertiary/aromatic N) is 1. The molecule has 3 heteroatoms. The second-order valence-corrected chi connectivity index (χ2v) is 1.24. The van der Waals surface area contributed by atoms with Crippen LogP contribution < -0.4 is 4.73 Å². The van der Waals surface area contributed by atoms with Crippen molar-refractivity contribution >= 4 is 19.8 Å². The maximum atomic E-state index is 10.2. The van der Waals surface area contributed by atoms with Crippen molar-refractivity contribution in [2.75, 3.05) is 0 Å². The van der Waals surface area contributed by atoms with E-state index >= 15 is 0 Å². The molecular weight excluding hydrogens is 160 g/mol. The standard InChI is InChI=1S/C5H5NO.Ga.3H/c7-6-4-2-1-3-5-6;;;;/h1-5H;;;;. The van der Waals surface area contributed by atoms with Crippen molar-refractivity contribution in [2.45, 2.75) is 0 Å². The molecule has 0 unspecified atom stereocenters. The summed E-state index contributed by atoms with van der Waals surface area (Å²) in [7, 11) is 0. The fourth-order valence-corrected chi connectivity index (χ4v) is 0.383. The first-order valence-corrected chi connectivity index (χ1v) is 2.03. The third-order valence-electron chi connectivity index (χ3n) is 0.688. The van der Waals surface area contributed by atoms with Gasteiger partial charge in [-0.1, -0.05) is 6.07 Å². The first kappa shape index (κ1) is 7.59. The van der Waals surface area contributed by atoms with E-state index in [1.54, 1.807) is 18.2 Å². The van der Waals surface area contributed by atoms with Crippen molar-refractivity contribution in [3.63, 3.8) is 0 Å². The van der Waals surface area contributed by atoms with Gasteiger partial charge in [0.05, 0.1) is 0 Å². The molecule has 42 valence electrons. The molecule has 0 aromatic carbocycles. The van der Waals surface area contributed by atoms with Gasteiger partial charge in [0.1, 0.15) is 0 Å². The number of aromatic nitrogens is 1. The zero-order valence-corrected chi connectivity index (χ0v) is 3.74. The second kappa shape index (κ2) is 3.57. The minimum atomic E-state index is 0. The zero-order chi connectivity index (χ0) is 5.11. The Balaban J connectivity index is 0.000000490. The zero-order valence-electron chi connectivity index (χ0n) is 3.74. The average Bonchev–Trinajstić information content (AvgIpc) is 1.69. The number of pyridine rings is 1. The third kappa shape index (κ3) is 2.04. The van der Waals surface area contributed by atoms with E-state index in [1.807, 2.05) is 0 Å². The van der Waals surface area contributed by atoms with Crippen LogP contribution in [-0.2, 0) is 0 Å². The molecule has 0 saturated heterocycles. The summed E-state index contributed by atoms with van der Waals surface area (Å²) >= 11 is 0. The molecule has 0 amide bonds. The summed E-state index contributed by atoms with van der Waals surface area (Å²) in [6, 6.07) is 5.18. The molecule has 0 bridgehead atoms. The predicted molar refractivity (Wildman–Crippen MR) is 35.3 cm³/mol. The Morgan fingerprint density at radius 3 is 1.75 bits per heavy atom. The van der Waals surface area contributed by atoms with Crippen molar-refractivity contribution in [1.82, 2.24) is 0 Å². The van der Waals surface area contributed by atoms with Crippen LogP contribution in [0.15, 0.2) is 30.6 Å². The summed E-state index contributed by atoms with van der Waals surface area (Å²) in [5.74, 6) is 0. The van der Waals surface area contributed by atoms with Crippen molar-refractivity contribution in [1.29, 1.82) is 0 Å². The first-order valence-electron chi connectivity index (χ1n) is 2.03. The van der Waals surface area contributed by atoms with E-state index in [2.05, 4.69) is 0 Å². The molecule has 2 nitrogen and oxygen atoms in total. The van der Waals surface area contributed by atoms with E-state index in [-0.39, 0.29) is 19.8 Å². The van der Waals surface area contributed by atoms with Gasteiger partial charge in [0.25, 0.3) is 0 Å². The van der Waals surface area contributed by atoms with E-state index in [1.165, 1.54) is 12.4 Å². The predicted octanol–water partition coefficient (Wildman–Crippen LogP) is -0.864. The molecule has 0 aliphatic rings. The molecule has 1 rings (SSSR count). The van der Waals surface area contributed by atoms with Gasteiger partial charge in [-0.15, -0.1) is 0 Å². The summed E-state index contributed by atoms with van der Waals surface area (Å²) in [5, 5.41) is 10.2. The molecule has 0 spiro atoms. The fourth-order valence-electron chi connectivity index (χ4n) is 0.383. The van der Waals surface area contributed by atoms with Gasteiger partial charge in [-0.25, -0.2) is 0 Å². The summed E-state index contributed by atoms with van der Waals surface area (Å²) in [4.78, 5) is 0. The van der Waals surface area contributed by atoms with E-state index < -0.39 is 0 Å². The van der Waals surface area contributed by atoms with Gasteiger partial charge in [-0.05, 0) is 0 Å². The quantitative estimate of drug-likeness (QED) is 0.281. The van der Waals surface area contributed by atoms with Crippen LogP contribution >= 0.6 is 0 Å². The normalized spacial score (nSPS) is 7.50. The minimum Gasteiger partial charge on any atom is -0.619 e. The molecule has 0 aliphatic carbocycles. The van der Waals surface area contributed by atoms with Crippen LogP contribution in [0, 0.1) is 5.21 Å². The summed E-state index contributed by atoms with van der Waals surface area (Å²) in [5.41, 5.74) is 0. The van der Waals surface area contributed by atoms with E-state index in [4.69, 9.17) is 0 Å². The first-order chi connectivity index (χ1) is 3.39. The van der Waals surface area contributed by atoms with Crippen LogP contribution in [0.25, 0.3) is 0 Å². The van der Waals surface area contributed by atoms with Gasteiger partial charge in [-0.3, -0.25) is 0 Å². The summed E-state index contributed by atoms with van der Waals surface area (Å²) in [6.07, 6.45) is 2.89. The molecule has 8 heavy (non-hydrogen) atoms. The number of hydrogen-bond acceptors (Lipinski definition) is 1. The van der Waals surface area contributed by atoms with Crippen molar-refractivity contribution < 1.29 is 4.73 Å². The average molecular weight is 168 g/mol. The van der Waals surface area contributed by atoms with Crippen LogP contribution in [0.1, 0.15) is 0 Å². The van der Waals surface area contributed by atoms with Crippen molar-refractivity contribution in [3.8, 4) is 0 Å². The Morgan fingerprint density at radius 1 is 1.00 bits per heavy atom. The van der Waals surface area contributed by atoms with Gasteiger partial charge in [0, 0.05) is 12.1 Å². The topological polar surface area (TPSA) is 26.9 Å². The SMILES string of the molecule is [GaH3].[O-][n+]1ccccc1. The molecule has 0 atom stereocenters. The molecule has 1 aromatic rings. The Labute approximate surface area is 60.8 Å². The molecule has 0 aliphatic heterocycles. The second-order valence-electron chi connectivity index (χ2n) is 1.24. The van der Waals surface area contributed by atoms with Crippen LogP contribution in [0.3, 0.4) is 0 Å². The molecule has 0 saturated carbocycles. The Bertz CT molecular complexity index is 142. The molecular formula is C5H8GaNO. The molecule has 0 N–H and O–H groups in total. The monoisotopic (exact) mass is 167 g/mol. The largest absolute Gasteiger partial charge is 0.619 e. The fraction of sp³-hybridized carbons (Fsp3) is 0. The van der Waals surface area contributed by atoms with E-state index in [0.717, 1.165) is 4.73 Å². The summed E-state index contributed by atoms with van der Waals surface area (Å²) in [6.45, 7) is 0. The Kier molecular flexibility index (Phi) is 3.39. The molecule has 0 radical (unpaired) electrons. The molecule has 0 fully saturated rings. The van der Waals surface area contributed by atoms with Gasteiger partial charge < -0.3 is 5.21 Å². The van der Waals surface area contributed by atoms with Gasteiger partial charge in [0.2, 0.25) is 0 Å². The summed E-state index contributed by atoms with van der Waals surface area (Å²) < 4.78 is 0.750. The van der Waals surface area contributed by atoms with Crippen molar-refractivity contribution in [3.05, 3.63) is 35.8 Å². The van der Waals surface area contributed by atoms with E-state index in [0.29, 0.717) is 0 Å². The van der Waals surface area contributed by atoms with Crippen LogP contribution in [-0.4, -0.2) is 19.8 Å². The van der Waals surface area contributed by atoms with Crippen molar-refractivity contribution in [2.24, 2.45) is 0 Å². The maximum absolute atomic E-state index is 10.2. The molecule has 1 heterocycles. The molecule has 1 aromatic heterocycles. The Hall–Kier alpha value is -0.414. The third-order valence-corrected chi connectivity index (χ3v) is 0.688. The van der Waals surface area contributed by atoms with Gasteiger partial charge in [0.15, 0.2) is 12.4 Å².